The summed E-state index contributed by atoms with van der Waals surface area (Å²) in [5.74, 6) is -0.152. The van der Waals surface area contributed by atoms with Gasteiger partial charge in [-0.2, -0.15) is 5.26 Å². The minimum atomic E-state index is -2.97. The van der Waals surface area contributed by atoms with Gasteiger partial charge in [0, 0.05) is 15.7 Å². The summed E-state index contributed by atoms with van der Waals surface area (Å²) < 4.78 is 28.7. The average Bonchev–Trinajstić information content (AvgIpc) is 2.98. The Labute approximate surface area is 156 Å². The van der Waals surface area contributed by atoms with Gasteiger partial charge in [0.05, 0.1) is 28.7 Å². The molecule has 1 unspecified atom stereocenters. The van der Waals surface area contributed by atoms with Gasteiger partial charge in [-0.25, -0.2) is 13.2 Å². The maximum atomic E-state index is 12.5. The summed E-state index contributed by atoms with van der Waals surface area (Å²) in [6, 6.07) is 16.1. The monoisotopic (exact) mass is 387 g/mol. The predicted octanol–water partition coefficient (Wildman–Crippen LogP) is 3.19. The van der Waals surface area contributed by atoms with Crippen LogP contribution < -0.4 is 0 Å². The molecule has 2 aromatic carbocycles. The number of esters is 1. The van der Waals surface area contributed by atoms with E-state index < -0.39 is 15.8 Å². The Morgan fingerprint density at radius 2 is 1.92 bits per heavy atom. The highest BCUT2D eigenvalue weighted by atomic mass is 32.2. The van der Waals surface area contributed by atoms with Gasteiger partial charge >= 0.3 is 5.97 Å². The average molecular weight is 387 g/mol. The number of hydrogen-bond acceptors (Lipinski definition) is 6. The molecule has 1 saturated heterocycles. The summed E-state index contributed by atoms with van der Waals surface area (Å²) >= 11 is 1.41. The number of ether oxygens (including phenoxy) is 1. The first-order valence-corrected chi connectivity index (χ1v) is 10.8. The van der Waals surface area contributed by atoms with Gasteiger partial charge in [-0.3, -0.25) is 0 Å². The van der Waals surface area contributed by atoms with E-state index in [1.165, 1.54) is 11.8 Å². The molecule has 1 aliphatic heterocycles. The molecule has 0 radical (unpaired) electrons. The van der Waals surface area contributed by atoms with E-state index in [-0.39, 0.29) is 23.4 Å². The zero-order valence-electron chi connectivity index (χ0n) is 13.9. The highest BCUT2D eigenvalue weighted by Crippen LogP contribution is 2.33. The summed E-state index contributed by atoms with van der Waals surface area (Å²) in [5, 5.41) is 9.06. The Morgan fingerprint density at radius 3 is 2.65 bits per heavy atom. The molecule has 0 amide bonds. The van der Waals surface area contributed by atoms with Crippen LogP contribution in [0.5, 0.6) is 0 Å². The predicted molar refractivity (Wildman–Crippen MR) is 99.6 cm³/mol. The van der Waals surface area contributed by atoms with Crippen molar-refractivity contribution < 1.29 is 17.9 Å². The smallest absolute Gasteiger partial charge is 0.339 e. The molecule has 0 aliphatic carbocycles. The van der Waals surface area contributed by atoms with E-state index >= 15 is 0 Å². The van der Waals surface area contributed by atoms with Gasteiger partial charge in [0.2, 0.25) is 0 Å². The topological polar surface area (TPSA) is 84.2 Å². The zero-order valence-corrected chi connectivity index (χ0v) is 15.6. The molecule has 0 aromatic heterocycles. The van der Waals surface area contributed by atoms with Crippen LogP contribution in [0.3, 0.4) is 0 Å². The van der Waals surface area contributed by atoms with Gasteiger partial charge in [-0.05, 0) is 24.6 Å². The molecule has 1 heterocycles. The molecule has 0 bridgehead atoms. The fourth-order valence-corrected chi connectivity index (χ4v) is 6.36. The molecule has 2 aromatic rings. The number of carbonyl (C=O) groups excluding carboxylic acids is 1. The molecule has 7 heteroatoms. The van der Waals surface area contributed by atoms with Crippen molar-refractivity contribution in [3.63, 3.8) is 0 Å². The standard InChI is InChI=1S/C19H17NO4S2/c20-11-14-5-1-2-6-15(14)12-24-19(21)17-7-3-4-8-18(17)25-16-9-10-26(22,23)13-16/h1-8,16H,9-10,12-13H2. The Bertz CT molecular complexity index is 963. The molecular formula is C19H17NO4S2. The van der Waals surface area contributed by atoms with Crippen LogP contribution in [0.15, 0.2) is 53.4 Å². The van der Waals surface area contributed by atoms with Crippen LogP contribution in [0.2, 0.25) is 0 Å². The quantitative estimate of drug-likeness (QED) is 0.733. The second kappa shape index (κ2) is 7.94. The third-order valence-electron chi connectivity index (χ3n) is 4.09. The normalized spacial score (nSPS) is 18.2. The van der Waals surface area contributed by atoms with Gasteiger partial charge in [-0.15, -0.1) is 11.8 Å². The van der Waals surface area contributed by atoms with E-state index in [9.17, 15) is 13.2 Å². The van der Waals surface area contributed by atoms with Crippen LogP contribution in [0.1, 0.15) is 27.9 Å². The van der Waals surface area contributed by atoms with Crippen LogP contribution >= 0.6 is 11.8 Å². The second-order valence-corrected chi connectivity index (χ2v) is 9.56. The number of sulfone groups is 1. The van der Waals surface area contributed by atoms with Crippen molar-refractivity contribution in [1.29, 1.82) is 5.26 Å². The number of nitrogens with zero attached hydrogens (tertiary/aromatic N) is 1. The van der Waals surface area contributed by atoms with E-state index in [0.717, 1.165) is 0 Å². The molecule has 0 N–H and O–H groups in total. The van der Waals surface area contributed by atoms with Gasteiger partial charge < -0.3 is 4.74 Å². The third-order valence-corrected chi connectivity index (χ3v) is 7.41. The van der Waals surface area contributed by atoms with Crippen LogP contribution in [0.4, 0.5) is 0 Å². The van der Waals surface area contributed by atoms with Crippen LogP contribution in [0.25, 0.3) is 0 Å². The Balaban J connectivity index is 1.71. The number of rotatable bonds is 5. The lowest BCUT2D eigenvalue weighted by atomic mass is 10.1. The molecule has 0 saturated carbocycles. The van der Waals surface area contributed by atoms with Gasteiger partial charge in [0.1, 0.15) is 6.61 Å². The van der Waals surface area contributed by atoms with E-state index in [2.05, 4.69) is 6.07 Å². The summed E-state index contributed by atoms with van der Waals surface area (Å²) in [4.78, 5) is 13.2. The second-order valence-electron chi connectivity index (χ2n) is 5.98. The molecule has 3 rings (SSSR count). The number of nitriles is 1. The first kappa shape index (κ1) is 18.5. The van der Waals surface area contributed by atoms with E-state index in [0.29, 0.717) is 28.0 Å². The minimum absolute atomic E-state index is 0.0133. The number of benzene rings is 2. The highest BCUT2D eigenvalue weighted by Gasteiger charge is 2.29. The first-order chi connectivity index (χ1) is 12.5. The number of thioether (sulfide) groups is 1. The number of carbonyl (C=O) groups is 1. The lowest BCUT2D eigenvalue weighted by Crippen LogP contribution is -2.10. The highest BCUT2D eigenvalue weighted by molar-refractivity contribution is 8.02. The fraction of sp³-hybridized carbons (Fsp3) is 0.263. The SMILES string of the molecule is N#Cc1ccccc1COC(=O)c1ccccc1SC1CCS(=O)(=O)C1. The van der Waals surface area contributed by atoms with Crippen molar-refractivity contribution in [2.75, 3.05) is 11.5 Å². The van der Waals surface area contributed by atoms with Crippen LogP contribution in [-0.2, 0) is 21.2 Å². The zero-order chi connectivity index (χ0) is 18.6. The third kappa shape index (κ3) is 4.45. The summed E-state index contributed by atoms with van der Waals surface area (Å²) in [5.41, 5.74) is 1.53. The van der Waals surface area contributed by atoms with Gasteiger partial charge in [-0.1, -0.05) is 30.3 Å². The molecule has 0 spiro atoms. The van der Waals surface area contributed by atoms with Gasteiger partial charge in [0.15, 0.2) is 9.84 Å². The van der Waals surface area contributed by atoms with E-state index in [1.54, 1.807) is 42.5 Å². The van der Waals surface area contributed by atoms with Crippen molar-refractivity contribution in [2.45, 2.75) is 23.2 Å². The maximum Gasteiger partial charge on any atom is 0.339 e. The van der Waals surface area contributed by atoms with Crippen molar-refractivity contribution >= 4 is 27.6 Å². The lowest BCUT2D eigenvalue weighted by molar-refractivity contribution is 0.0468. The van der Waals surface area contributed by atoms with Crippen molar-refractivity contribution in [3.05, 3.63) is 65.2 Å². The van der Waals surface area contributed by atoms with Crippen molar-refractivity contribution in [1.82, 2.24) is 0 Å². The van der Waals surface area contributed by atoms with E-state index in [4.69, 9.17) is 10.00 Å². The maximum absolute atomic E-state index is 12.5. The van der Waals surface area contributed by atoms with Crippen LogP contribution in [-0.4, -0.2) is 31.1 Å². The first-order valence-electron chi connectivity index (χ1n) is 8.10. The minimum Gasteiger partial charge on any atom is -0.457 e. The molecular weight excluding hydrogens is 370 g/mol. The summed E-state index contributed by atoms with van der Waals surface area (Å²) in [6.45, 7) is 0.0133. The molecule has 1 atom stereocenters. The summed E-state index contributed by atoms with van der Waals surface area (Å²) in [6.07, 6.45) is 0.589. The molecule has 134 valence electrons. The summed E-state index contributed by atoms with van der Waals surface area (Å²) in [7, 11) is -2.97. The Hall–Kier alpha value is -2.30. The Morgan fingerprint density at radius 1 is 1.19 bits per heavy atom. The van der Waals surface area contributed by atoms with Crippen molar-refractivity contribution in [3.8, 4) is 6.07 Å². The molecule has 1 fully saturated rings. The number of hydrogen-bond donors (Lipinski definition) is 0. The molecule has 5 nitrogen and oxygen atoms in total. The largest absolute Gasteiger partial charge is 0.457 e. The molecule has 1 aliphatic rings. The Kier molecular flexibility index (Phi) is 5.64. The fourth-order valence-electron chi connectivity index (χ4n) is 2.75. The van der Waals surface area contributed by atoms with Crippen molar-refractivity contribution in [2.24, 2.45) is 0 Å². The lowest BCUT2D eigenvalue weighted by Gasteiger charge is -2.12. The molecule has 26 heavy (non-hydrogen) atoms. The van der Waals surface area contributed by atoms with Crippen LogP contribution in [0, 0.1) is 11.3 Å². The van der Waals surface area contributed by atoms with E-state index in [1.807, 2.05) is 6.07 Å². The van der Waals surface area contributed by atoms with Gasteiger partial charge in [0.25, 0.3) is 0 Å².